The predicted octanol–water partition coefficient (Wildman–Crippen LogP) is 3.90. The Kier molecular flexibility index (Phi) is 5.17. The number of aliphatic carboxylic acids is 1. The zero-order chi connectivity index (χ0) is 17.0. The Morgan fingerprint density at radius 1 is 0.917 bits per heavy atom. The molecular formula is C19H22NO3P. The van der Waals surface area contributed by atoms with Crippen molar-refractivity contribution in [2.24, 2.45) is 0 Å². The molecule has 0 aliphatic carbocycles. The van der Waals surface area contributed by atoms with Gasteiger partial charge in [-0.2, -0.15) is 0 Å². The molecule has 0 aromatic heterocycles. The van der Waals surface area contributed by atoms with E-state index in [9.17, 15) is 14.5 Å². The maximum atomic E-state index is 14.3. The second-order valence-corrected chi connectivity index (χ2v) is 8.97. The number of carboxylic acids is 1. The molecule has 0 saturated carbocycles. The minimum Gasteiger partial charge on any atom is -0.480 e. The Hall–Kier alpha value is -1.90. The number of hydrogen-bond acceptors (Lipinski definition) is 2. The van der Waals surface area contributed by atoms with Crippen molar-refractivity contribution in [1.82, 2.24) is 4.67 Å². The Morgan fingerprint density at radius 2 is 1.46 bits per heavy atom. The van der Waals surface area contributed by atoms with Crippen LogP contribution in [0.5, 0.6) is 0 Å². The first-order valence-corrected chi connectivity index (χ1v) is 10.1. The van der Waals surface area contributed by atoms with E-state index < -0.39 is 18.9 Å². The van der Waals surface area contributed by atoms with Gasteiger partial charge in [0.15, 0.2) is 13.0 Å². The van der Waals surface area contributed by atoms with Crippen LogP contribution in [0.3, 0.4) is 0 Å². The fourth-order valence-electron chi connectivity index (χ4n) is 3.42. The van der Waals surface area contributed by atoms with Crippen LogP contribution in [0, 0.1) is 0 Å². The first-order valence-electron chi connectivity index (χ1n) is 8.32. The summed E-state index contributed by atoms with van der Waals surface area (Å²) in [4.78, 5) is 12.2. The summed E-state index contributed by atoms with van der Waals surface area (Å²) in [7, 11) is -3.30. The Labute approximate surface area is 142 Å². The van der Waals surface area contributed by atoms with Gasteiger partial charge in [-0.1, -0.05) is 67.1 Å². The normalized spacial score (nSPS) is 19.3. The molecule has 24 heavy (non-hydrogen) atoms. The van der Waals surface area contributed by atoms with Crippen molar-refractivity contribution < 1.29 is 14.5 Å². The zero-order valence-corrected chi connectivity index (χ0v) is 14.4. The van der Waals surface area contributed by atoms with Gasteiger partial charge in [0.25, 0.3) is 0 Å². The molecule has 1 fully saturated rings. The fourth-order valence-corrected chi connectivity index (χ4v) is 6.72. The van der Waals surface area contributed by atoms with Gasteiger partial charge in [0, 0.05) is 18.4 Å². The zero-order valence-electron chi connectivity index (χ0n) is 13.5. The average Bonchev–Trinajstić information content (AvgIpc) is 2.64. The van der Waals surface area contributed by atoms with Crippen LogP contribution in [0.1, 0.15) is 30.5 Å². The van der Waals surface area contributed by atoms with Crippen LogP contribution < -0.4 is 5.30 Å². The smallest absolute Gasteiger partial charge is 0.320 e. The summed E-state index contributed by atoms with van der Waals surface area (Å²) in [6.45, 7) is 1.37. The highest BCUT2D eigenvalue weighted by atomic mass is 31.2. The molecule has 126 valence electrons. The van der Waals surface area contributed by atoms with Crippen LogP contribution in [0.25, 0.3) is 0 Å². The van der Waals surface area contributed by atoms with Crippen molar-refractivity contribution >= 4 is 18.6 Å². The molecule has 1 N–H and O–H groups in total. The SMILES string of the molecule is O=C(O)[C@H](c1ccccc1)[P@](=O)(c1ccccc1)N1CCCCC1. The van der Waals surface area contributed by atoms with Crippen molar-refractivity contribution in [1.29, 1.82) is 0 Å². The second kappa shape index (κ2) is 7.33. The van der Waals surface area contributed by atoms with Gasteiger partial charge in [-0.15, -0.1) is 0 Å². The Bertz CT molecular complexity index is 727. The largest absolute Gasteiger partial charge is 0.480 e. The van der Waals surface area contributed by atoms with E-state index in [1.807, 2.05) is 28.9 Å². The fraction of sp³-hybridized carbons (Fsp3) is 0.316. The lowest BCUT2D eigenvalue weighted by Crippen LogP contribution is -2.35. The third-order valence-electron chi connectivity index (χ3n) is 4.58. The van der Waals surface area contributed by atoms with E-state index in [1.165, 1.54) is 0 Å². The highest BCUT2D eigenvalue weighted by molar-refractivity contribution is 7.70. The Balaban J connectivity index is 2.15. The van der Waals surface area contributed by atoms with E-state index in [0.717, 1.165) is 19.3 Å². The van der Waals surface area contributed by atoms with Crippen molar-refractivity contribution in [3.05, 3.63) is 66.2 Å². The van der Waals surface area contributed by atoms with E-state index in [-0.39, 0.29) is 0 Å². The summed E-state index contributed by atoms with van der Waals surface area (Å²) in [5.74, 6) is -1.03. The van der Waals surface area contributed by atoms with Gasteiger partial charge in [0.2, 0.25) is 0 Å². The van der Waals surface area contributed by atoms with Gasteiger partial charge in [-0.25, -0.2) is 4.67 Å². The average molecular weight is 343 g/mol. The molecule has 1 aliphatic rings. The Morgan fingerprint density at radius 3 is 2.00 bits per heavy atom. The molecule has 1 heterocycles. The van der Waals surface area contributed by atoms with E-state index in [0.29, 0.717) is 24.0 Å². The predicted molar refractivity (Wildman–Crippen MR) is 95.9 cm³/mol. The lowest BCUT2D eigenvalue weighted by Gasteiger charge is -2.38. The lowest BCUT2D eigenvalue weighted by atomic mass is 10.1. The van der Waals surface area contributed by atoms with Crippen molar-refractivity contribution in [2.75, 3.05) is 13.1 Å². The molecule has 2 atom stereocenters. The molecule has 0 amide bonds. The second-order valence-electron chi connectivity index (χ2n) is 6.12. The van der Waals surface area contributed by atoms with Crippen molar-refractivity contribution in [2.45, 2.75) is 24.9 Å². The van der Waals surface area contributed by atoms with Crippen molar-refractivity contribution in [3.8, 4) is 0 Å². The summed E-state index contributed by atoms with van der Waals surface area (Å²) in [5, 5.41) is 10.6. The number of carbonyl (C=O) groups is 1. The van der Waals surface area contributed by atoms with E-state index >= 15 is 0 Å². The maximum Gasteiger partial charge on any atom is 0.320 e. The van der Waals surface area contributed by atoms with Gasteiger partial charge in [-0.3, -0.25) is 4.79 Å². The summed E-state index contributed by atoms with van der Waals surface area (Å²) in [6.07, 6.45) is 3.02. The summed E-state index contributed by atoms with van der Waals surface area (Å²) < 4.78 is 16.2. The van der Waals surface area contributed by atoms with Crippen LogP contribution in [0.4, 0.5) is 0 Å². The van der Waals surface area contributed by atoms with Crippen LogP contribution >= 0.6 is 7.29 Å². The number of rotatable bonds is 5. The molecule has 5 heteroatoms. The topological polar surface area (TPSA) is 57.6 Å². The van der Waals surface area contributed by atoms with Crippen LogP contribution in [-0.4, -0.2) is 28.8 Å². The third-order valence-corrected chi connectivity index (χ3v) is 8.08. The minimum atomic E-state index is -3.30. The van der Waals surface area contributed by atoms with Crippen molar-refractivity contribution in [3.63, 3.8) is 0 Å². The van der Waals surface area contributed by atoms with Gasteiger partial charge < -0.3 is 9.67 Å². The van der Waals surface area contributed by atoms with Gasteiger partial charge in [0.05, 0.1) is 0 Å². The quantitative estimate of drug-likeness (QED) is 0.837. The highest BCUT2D eigenvalue weighted by Crippen LogP contribution is 2.61. The van der Waals surface area contributed by atoms with E-state index in [2.05, 4.69) is 0 Å². The molecule has 0 unspecified atom stereocenters. The number of benzene rings is 2. The van der Waals surface area contributed by atoms with Gasteiger partial charge in [-0.05, 0) is 18.4 Å². The molecule has 2 aromatic rings. The van der Waals surface area contributed by atoms with Gasteiger partial charge in [0.1, 0.15) is 0 Å². The highest BCUT2D eigenvalue weighted by Gasteiger charge is 2.45. The molecule has 1 saturated heterocycles. The number of carboxylic acid groups (broad SMARTS) is 1. The standard InChI is InChI=1S/C19H22NO3P/c21-19(22)18(16-10-4-1-5-11-16)24(23,17-12-6-2-7-13-17)20-14-8-3-9-15-20/h1-2,4-7,10-13,18H,3,8-9,14-15H2,(H,21,22)/t18-,24+/m0/s1. The first kappa shape index (κ1) is 16.9. The summed E-state index contributed by atoms with van der Waals surface area (Å²) in [6, 6.07) is 18.1. The van der Waals surface area contributed by atoms with Crippen LogP contribution in [0.2, 0.25) is 0 Å². The monoisotopic (exact) mass is 343 g/mol. The first-order chi connectivity index (χ1) is 11.6. The van der Waals surface area contributed by atoms with Gasteiger partial charge >= 0.3 is 5.97 Å². The molecule has 0 spiro atoms. The van der Waals surface area contributed by atoms with E-state index in [1.54, 1.807) is 36.4 Å². The summed E-state index contributed by atoms with van der Waals surface area (Å²) >= 11 is 0. The molecule has 0 bridgehead atoms. The number of nitrogens with zero attached hydrogens (tertiary/aromatic N) is 1. The number of piperidine rings is 1. The number of hydrogen-bond donors (Lipinski definition) is 1. The molecule has 0 radical (unpaired) electrons. The maximum absolute atomic E-state index is 14.3. The molecule has 2 aromatic carbocycles. The van der Waals surface area contributed by atoms with Crippen LogP contribution in [-0.2, 0) is 9.36 Å². The lowest BCUT2D eigenvalue weighted by molar-refractivity contribution is -0.136. The minimum absolute atomic E-state index is 0.600. The molecule has 4 nitrogen and oxygen atoms in total. The third kappa shape index (κ3) is 3.17. The molecule has 1 aliphatic heterocycles. The molecule has 3 rings (SSSR count). The summed E-state index contributed by atoms with van der Waals surface area (Å²) in [5.41, 5.74) is -0.443. The van der Waals surface area contributed by atoms with Crippen LogP contribution in [0.15, 0.2) is 60.7 Å². The van der Waals surface area contributed by atoms with E-state index in [4.69, 9.17) is 0 Å². The molecular weight excluding hydrogens is 321 g/mol.